The molecule has 1 saturated carbocycles. The number of piperazine rings is 1. The molecule has 2 heterocycles. The SMILES string of the molecule is CCNC(=NCCN1CCN(C(=O)C2CCCC2)CC1)N1CCSC(CC)C1.I. The van der Waals surface area contributed by atoms with Crippen molar-refractivity contribution >= 4 is 47.6 Å². The lowest BCUT2D eigenvalue weighted by molar-refractivity contribution is -0.137. The van der Waals surface area contributed by atoms with E-state index >= 15 is 0 Å². The average Bonchev–Trinajstić information content (AvgIpc) is 3.28. The number of guanidine groups is 1. The van der Waals surface area contributed by atoms with Gasteiger partial charge in [0.05, 0.1) is 6.54 Å². The van der Waals surface area contributed by atoms with Crippen LogP contribution in [-0.2, 0) is 4.79 Å². The minimum absolute atomic E-state index is 0. The lowest BCUT2D eigenvalue weighted by atomic mass is 10.1. The van der Waals surface area contributed by atoms with E-state index in [2.05, 4.69) is 45.6 Å². The Morgan fingerprint density at radius 1 is 1.07 bits per heavy atom. The minimum atomic E-state index is 0. The van der Waals surface area contributed by atoms with Gasteiger partial charge in [-0.3, -0.25) is 14.7 Å². The van der Waals surface area contributed by atoms with Crippen LogP contribution >= 0.6 is 35.7 Å². The number of carbonyl (C=O) groups is 1. The van der Waals surface area contributed by atoms with Gasteiger partial charge in [-0.2, -0.15) is 11.8 Å². The van der Waals surface area contributed by atoms with Crippen LogP contribution in [0.25, 0.3) is 0 Å². The van der Waals surface area contributed by atoms with Crippen LogP contribution in [0.5, 0.6) is 0 Å². The molecule has 1 aliphatic carbocycles. The summed E-state index contributed by atoms with van der Waals surface area (Å²) in [5.41, 5.74) is 0. The van der Waals surface area contributed by atoms with Crippen molar-refractivity contribution in [1.29, 1.82) is 0 Å². The zero-order chi connectivity index (χ0) is 19.8. The third-order valence-electron chi connectivity index (χ3n) is 6.29. The molecular formula is C21H40IN5OS. The average molecular weight is 538 g/mol. The summed E-state index contributed by atoms with van der Waals surface area (Å²) in [4.78, 5) is 24.5. The maximum absolute atomic E-state index is 12.6. The second-order valence-corrected chi connectivity index (χ2v) is 9.64. The van der Waals surface area contributed by atoms with E-state index in [1.165, 1.54) is 25.0 Å². The van der Waals surface area contributed by atoms with Gasteiger partial charge in [0.1, 0.15) is 0 Å². The summed E-state index contributed by atoms with van der Waals surface area (Å²) in [6.07, 6.45) is 5.91. The molecule has 3 rings (SSSR count). The number of hydrogen-bond acceptors (Lipinski definition) is 4. The molecule has 1 amide bonds. The molecule has 2 aliphatic heterocycles. The smallest absolute Gasteiger partial charge is 0.225 e. The van der Waals surface area contributed by atoms with Gasteiger partial charge < -0.3 is 15.1 Å². The monoisotopic (exact) mass is 537 g/mol. The molecule has 0 aromatic heterocycles. The van der Waals surface area contributed by atoms with Gasteiger partial charge in [-0.25, -0.2) is 0 Å². The number of thioether (sulfide) groups is 1. The molecule has 29 heavy (non-hydrogen) atoms. The number of carbonyl (C=O) groups excluding carboxylic acids is 1. The van der Waals surface area contributed by atoms with Crippen molar-refractivity contribution in [3.05, 3.63) is 0 Å². The highest BCUT2D eigenvalue weighted by Gasteiger charge is 2.29. The van der Waals surface area contributed by atoms with Gasteiger partial charge in [0.15, 0.2) is 5.96 Å². The highest BCUT2D eigenvalue weighted by Crippen LogP contribution is 2.27. The number of nitrogens with zero attached hydrogens (tertiary/aromatic N) is 4. The van der Waals surface area contributed by atoms with Gasteiger partial charge in [0.2, 0.25) is 5.91 Å². The lowest BCUT2D eigenvalue weighted by Crippen LogP contribution is -2.51. The fourth-order valence-electron chi connectivity index (χ4n) is 4.50. The van der Waals surface area contributed by atoms with Crippen LogP contribution in [0.2, 0.25) is 0 Å². The van der Waals surface area contributed by atoms with Crippen LogP contribution in [0, 0.1) is 5.92 Å². The summed E-state index contributed by atoms with van der Waals surface area (Å²) >= 11 is 2.10. The van der Waals surface area contributed by atoms with E-state index in [1.54, 1.807) is 0 Å². The molecular weight excluding hydrogens is 497 g/mol. The van der Waals surface area contributed by atoms with E-state index in [4.69, 9.17) is 4.99 Å². The molecule has 0 spiro atoms. The van der Waals surface area contributed by atoms with Crippen LogP contribution in [-0.4, -0.2) is 96.5 Å². The Morgan fingerprint density at radius 3 is 2.45 bits per heavy atom. The molecule has 1 atom stereocenters. The molecule has 6 nitrogen and oxygen atoms in total. The van der Waals surface area contributed by atoms with Crippen molar-refractivity contribution in [3.8, 4) is 0 Å². The third kappa shape index (κ3) is 7.45. The Kier molecular flexibility index (Phi) is 11.4. The van der Waals surface area contributed by atoms with Gasteiger partial charge in [-0.1, -0.05) is 19.8 Å². The summed E-state index contributed by atoms with van der Waals surface area (Å²) in [7, 11) is 0. The Hall–Kier alpha value is -0.220. The van der Waals surface area contributed by atoms with E-state index in [0.29, 0.717) is 11.8 Å². The summed E-state index contributed by atoms with van der Waals surface area (Å²) in [5.74, 6) is 3.00. The van der Waals surface area contributed by atoms with Crippen molar-refractivity contribution in [1.82, 2.24) is 20.0 Å². The molecule has 3 aliphatic rings. The van der Waals surface area contributed by atoms with Crippen LogP contribution in [0.1, 0.15) is 46.0 Å². The second kappa shape index (κ2) is 13.2. The van der Waals surface area contributed by atoms with Crippen molar-refractivity contribution in [2.45, 2.75) is 51.2 Å². The Labute approximate surface area is 198 Å². The van der Waals surface area contributed by atoms with Gasteiger partial charge in [-0.15, -0.1) is 24.0 Å². The first-order chi connectivity index (χ1) is 13.7. The third-order valence-corrected chi connectivity index (χ3v) is 7.67. The van der Waals surface area contributed by atoms with E-state index in [9.17, 15) is 4.79 Å². The first-order valence-electron chi connectivity index (χ1n) is 11.4. The highest BCUT2D eigenvalue weighted by molar-refractivity contribution is 14.0. The topological polar surface area (TPSA) is 51.2 Å². The van der Waals surface area contributed by atoms with Crippen molar-refractivity contribution in [2.75, 3.05) is 64.7 Å². The molecule has 2 saturated heterocycles. The molecule has 1 unspecified atom stereocenters. The van der Waals surface area contributed by atoms with Gasteiger partial charge >= 0.3 is 0 Å². The van der Waals surface area contributed by atoms with Gasteiger partial charge in [-0.05, 0) is 26.2 Å². The van der Waals surface area contributed by atoms with Crippen molar-refractivity contribution in [2.24, 2.45) is 10.9 Å². The van der Waals surface area contributed by atoms with E-state index < -0.39 is 0 Å². The fraction of sp³-hybridized carbons (Fsp3) is 0.905. The van der Waals surface area contributed by atoms with Crippen LogP contribution in [0.3, 0.4) is 0 Å². The second-order valence-electron chi connectivity index (χ2n) is 8.23. The van der Waals surface area contributed by atoms with Crippen LogP contribution < -0.4 is 5.32 Å². The molecule has 3 fully saturated rings. The standard InChI is InChI=1S/C21H39N5OS.HI/c1-3-19-17-26(15-16-28-19)21(22-4-2)23-9-10-24-11-13-25(14-12-24)20(27)18-7-5-6-8-18;/h18-19H,3-17H2,1-2H3,(H,22,23);1H. The molecule has 0 radical (unpaired) electrons. The zero-order valence-electron chi connectivity index (χ0n) is 18.3. The Balaban J connectivity index is 0.00000300. The Bertz CT molecular complexity index is 521. The molecule has 8 heteroatoms. The predicted octanol–water partition coefficient (Wildman–Crippen LogP) is 2.73. The molecule has 0 aromatic rings. The van der Waals surface area contributed by atoms with Gasteiger partial charge in [0.25, 0.3) is 0 Å². The minimum Gasteiger partial charge on any atom is -0.357 e. The normalized spacial score (nSPS) is 24.5. The Morgan fingerprint density at radius 2 is 1.79 bits per heavy atom. The first kappa shape index (κ1) is 25.0. The van der Waals surface area contributed by atoms with Crippen molar-refractivity contribution in [3.63, 3.8) is 0 Å². The lowest BCUT2D eigenvalue weighted by Gasteiger charge is -2.36. The summed E-state index contributed by atoms with van der Waals surface area (Å²) < 4.78 is 0. The van der Waals surface area contributed by atoms with Crippen LogP contribution in [0.4, 0.5) is 0 Å². The van der Waals surface area contributed by atoms with Crippen LogP contribution in [0.15, 0.2) is 4.99 Å². The maximum Gasteiger partial charge on any atom is 0.225 e. The summed E-state index contributed by atoms with van der Waals surface area (Å²) in [6, 6.07) is 0. The molecule has 1 N–H and O–H groups in total. The summed E-state index contributed by atoms with van der Waals surface area (Å²) in [5, 5.41) is 4.21. The maximum atomic E-state index is 12.6. The number of hydrogen-bond donors (Lipinski definition) is 1. The number of amides is 1. The highest BCUT2D eigenvalue weighted by atomic mass is 127. The number of halogens is 1. The predicted molar refractivity (Wildman–Crippen MR) is 134 cm³/mol. The molecule has 0 aromatic carbocycles. The summed E-state index contributed by atoms with van der Waals surface area (Å²) in [6.45, 7) is 13.1. The quantitative estimate of drug-likeness (QED) is 0.321. The van der Waals surface area contributed by atoms with E-state index in [-0.39, 0.29) is 24.0 Å². The van der Waals surface area contributed by atoms with Gasteiger partial charge in [0, 0.05) is 69.3 Å². The number of rotatable bonds is 6. The largest absolute Gasteiger partial charge is 0.357 e. The fourth-order valence-corrected chi connectivity index (χ4v) is 5.68. The number of aliphatic imine (C=N–C) groups is 1. The van der Waals surface area contributed by atoms with E-state index in [0.717, 1.165) is 83.0 Å². The van der Waals surface area contributed by atoms with Crippen molar-refractivity contribution < 1.29 is 4.79 Å². The number of nitrogens with one attached hydrogen (secondary N) is 1. The molecule has 0 bridgehead atoms. The zero-order valence-corrected chi connectivity index (χ0v) is 21.4. The van der Waals surface area contributed by atoms with E-state index in [1.807, 2.05) is 0 Å². The molecule has 168 valence electrons. The first-order valence-corrected chi connectivity index (χ1v) is 12.4.